The van der Waals surface area contributed by atoms with E-state index in [2.05, 4.69) is 5.32 Å². The maximum Gasteiger partial charge on any atom is 0.306 e. The van der Waals surface area contributed by atoms with Crippen molar-refractivity contribution in [1.29, 1.82) is 0 Å². The van der Waals surface area contributed by atoms with Gasteiger partial charge in [0.2, 0.25) is 5.91 Å². The van der Waals surface area contributed by atoms with Crippen molar-refractivity contribution < 1.29 is 19.1 Å². The van der Waals surface area contributed by atoms with Crippen LogP contribution in [0.5, 0.6) is 0 Å². The molecule has 0 spiro atoms. The smallest absolute Gasteiger partial charge is 0.306 e. The van der Waals surface area contributed by atoms with Gasteiger partial charge in [0.1, 0.15) is 0 Å². The fourth-order valence-corrected chi connectivity index (χ4v) is 1.58. The molecule has 1 rings (SSSR count). The molecule has 0 saturated heterocycles. The number of carbonyl (C=O) groups excluding carboxylic acids is 3. The number of carbonyl (C=O) groups is 3. The number of nitrogens with one attached hydrogen (secondary N) is 1. The highest BCUT2D eigenvalue weighted by Gasteiger charge is 2.10. The summed E-state index contributed by atoms with van der Waals surface area (Å²) in [7, 11) is 0. The minimum atomic E-state index is -0.368. The van der Waals surface area contributed by atoms with Crippen molar-refractivity contribution in [2.24, 2.45) is 0 Å². The normalized spacial score (nSPS) is 9.90. The molecule has 1 aromatic rings. The molecule has 0 aliphatic carbocycles. The van der Waals surface area contributed by atoms with Crippen LogP contribution in [0.3, 0.4) is 0 Å². The van der Waals surface area contributed by atoms with E-state index < -0.39 is 0 Å². The molecule has 0 unspecified atom stereocenters. The summed E-state index contributed by atoms with van der Waals surface area (Å²) in [6.07, 6.45) is 0.612. The van der Waals surface area contributed by atoms with Crippen LogP contribution in [0.15, 0.2) is 24.3 Å². The summed E-state index contributed by atoms with van der Waals surface area (Å²) in [5.74, 6) is -0.564. The molecule has 1 N–H and O–H groups in total. The number of esters is 1. The summed E-state index contributed by atoms with van der Waals surface area (Å²) in [4.78, 5) is 34.2. The van der Waals surface area contributed by atoms with Crippen LogP contribution in [0.25, 0.3) is 0 Å². The molecule has 5 nitrogen and oxygen atoms in total. The highest BCUT2D eigenvalue weighted by Crippen LogP contribution is 2.12. The SMILES string of the molecule is CCOC(=O)CCC(=O)c1ccc(NC(=O)CC)cc1. The van der Waals surface area contributed by atoms with Crippen molar-refractivity contribution in [3.05, 3.63) is 29.8 Å². The number of ketones is 1. The van der Waals surface area contributed by atoms with E-state index in [1.165, 1.54) is 0 Å². The van der Waals surface area contributed by atoms with Gasteiger partial charge in [0.05, 0.1) is 13.0 Å². The average molecular weight is 277 g/mol. The lowest BCUT2D eigenvalue weighted by Crippen LogP contribution is -2.10. The van der Waals surface area contributed by atoms with Crippen molar-refractivity contribution in [1.82, 2.24) is 0 Å². The second-order valence-electron chi connectivity index (χ2n) is 4.21. The molecule has 108 valence electrons. The Morgan fingerprint density at radius 2 is 1.70 bits per heavy atom. The average Bonchev–Trinajstić information content (AvgIpc) is 2.45. The number of rotatable bonds is 7. The summed E-state index contributed by atoms with van der Waals surface area (Å²) in [6, 6.07) is 6.62. The topological polar surface area (TPSA) is 72.5 Å². The monoisotopic (exact) mass is 277 g/mol. The quantitative estimate of drug-likeness (QED) is 0.614. The van der Waals surface area contributed by atoms with Crippen molar-refractivity contribution in [3.8, 4) is 0 Å². The zero-order chi connectivity index (χ0) is 15.0. The Morgan fingerprint density at radius 1 is 1.05 bits per heavy atom. The van der Waals surface area contributed by atoms with Gasteiger partial charge in [-0.25, -0.2) is 0 Å². The van der Waals surface area contributed by atoms with Gasteiger partial charge in [0.15, 0.2) is 5.78 Å². The fourth-order valence-electron chi connectivity index (χ4n) is 1.58. The van der Waals surface area contributed by atoms with E-state index in [-0.39, 0.29) is 30.5 Å². The Bertz CT molecular complexity index is 479. The largest absolute Gasteiger partial charge is 0.466 e. The summed E-state index contributed by atoms with van der Waals surface area (Å²) >= 11 is 0. The van der Waals surface area contributed by atoms with Gasteiger partial charge >= 0.3 is 5.97 Å². The third-order valence-corrected chi connectivity index (χ3v) is 2.67. The Morgan fingerprint density at radius 3 is 2.25 bits per heavy atom. The van der Waals surface area contributed by atoms with Crippen LogP contribution >= 0.6 is 0 Å². The van der Waals surface area contributed by atoms with Gasteiger partial charge in [-0.2, -0.15) is 0 Å². The Kier molecular flexibility index (Phi) is 6.43. The van der Waals surface area contributed by atoms with Gasteiger partial charge in [0.25, 0.3) is 0 Å². The number of anilines is 1. The first-order valence-electron chi connectivity index (χ1n) is 6.65. The standard InChI is InChI=1S/C15H19NO4/c1-3-14(18)16-12-7-5-11(6-8-12)13(17)9-10-15(19)20-4-2/h5-8H,3-4,9-10H2,1-2H3,(H,16,18). The van der Waals surface area contributed by atoms with Gasteiger partial charge in [-0.1, -0.05) is 6.92 Å². The highest BCUT2D eigenvalue weighted by molar-refractivity contribution is 5.98. The molecule has 0 atom stereocenters. The molecule has 0 bridgehead atoms. The lowest BCUT2D eigenvalue weighted by Gasteiger charge is -2.05. The third-order valence-electron chi connectivity index (χ3n) is 2.67. The predicted molar refractivity (Wildman–Crippen MR) is 75.6 cm³/mol. The van der Waals surface area contributed by atoms with Crippen molar-refractivity contribution in [2.75, 3.05) is 11.9 Å². The van der Waals surface area contributed by atoms with Crippen LogP contribution in [0.1, 0.15) is 43.5 Å². The van der Waals surface area contributed by atoms with E-state index in [0.29, 0.717) is 24.3 Å². The van der Waals surface area contributed by atoms with Crippen molar-refractivity contribution >= 4 is 23.3 Å². The molecule has 0 fully saturated rings. The Hall–Kier alpha value is -2.17. The van der Waals surface area contributed by atoms with E-state index in [1.807, 2.05) is 0 Å². The van der Waals surface area contributed by atoms with E-state index in [4.69, 9.17) is 4.74 Å². The third kappa shape index (κ3) is 5.22. The van der Waals surface area contributed by atoms with Gasteiger partial charge < -0.3 is 10.1 Å². The molecule has 0 aliphatic heterocycles. The lowest BCUT2D eigenvalue weighted by molar-refractivity contribution is -0.143. The number of hydrogen-bond acceptors (Lipinski definition) is 4. The predicted octanol–water partition coefficient (Wildman–Crippen LogP) is 2.56. The fraction of sp³-hybridized carbons (Fsp3) is 0.400. The lowest BCUT2D eigenvalue weighted by atomic mass is 10.1. The molecule has 0 radical (unpaired) electrons. The molecule has 1 aromatic carbocycles. The van der Waals surface area contributed by atoms with Gasteiger partial charge in [-0.3, -0.25) is 14.4 Å². The van der Waals surface area contributed by atoms with Gasteiger partial charge in [0, 0.05) is 24.1 Å². The van der Waals surface area contributed by atoms with E-state index >= 15 is 0 Å². The van der Waals surface area contributed by atoms with E-state index in [1.54, 1.807) is 38.1 Å². The molecule has 0 heterocycles. The van der Waals surface area contributed by atoms with Crippen LogP contribution < -0.4 is 5.32 Å². The second-order valence-corrected chi connectivity index (χ2v) is 4.21. The number of Topliss-reactive ketones (excluding diaryl/α,β-unsaturated/α-hetero) is 1. The summed E-state index contributed by atoms with van der Waals surface area (Å²) < 4.78 is 4.76. The molecule has 0 aromatic heterocycles. The minimum Gasteiger partial charge on any atom is -0.466 e. The Labute approximate surface area is 118 Å². The zero-order valence-corrected chi connectivity index (χ0v) is 11.8. The molecule has 20 heavy (non-hydrogen) atoms. The first kappa shape index (κ1) is 15.9. The number of ether oxygens (including phenoxy) is 1. The highest BCUT2D eigenvalue weighted by atomic mass is 16.5. The van der Waals surface area contributed by atoms with Crippen LogP contribution in [0.4, 0.5) is 5.69 Å². The summed E-state index contributed by atoms with van der Waals surface area (Å²) in [5, 5.41) is 2.70. The maximum atomic E-state index is 11.8. The number of amides is 1. The van der Waals surface area contributed by atoms with E-state index in [0.717, 1.165) is 0 Å². The zero-order valence-electron chi connectivity index (χ0n) is 11.8. The van der Waals surface area contributed by atoms with Crippen LogP contribution in [-0.2, 0) is 14.3 Å². The minimum absolute atomic E-state index is 0.0774. The molecule has 1 amide bonds. The van der Waals surface area contributed by atoms with Crippen LogP contribution in [0, 0.1) is 0 Å². The molecular weight excluding hydrogens is 258 g/mol. The summed E-state index contributed by atoms with van der Waals surface area (Å²) in [5.41, 5.74) is 1.17. The molecule has 0 saturated carbocycles. The van der Waals surface area contributed by atoms with Gasteiger partial charge in [-0.05, 0) is 31.2 Å². The van der Waals surface area contributed by atoms with Crippen LogP contribution in [0.2, 0.25) is 0 Å². The maximum absolute atomic E-state index is 11.8. The number of hydrogen-bond donors (Lipinski definition) is 1. The Balaban J connectivity index is 2.53. The summed E-state index contributed by atoms with van der Waals surface area (Å²) in [6.45, 7) is 3.81. The molecule has 5 heteroatoms. The van der Waals surface area contributed by atoms with E-state index in [9.17, 15) is 14.4 Å². The van der Waals surface area contributed by atoms with Crippen molar-refractivity contribution in [3.63, 3.8) is 0 Å². The van der Waals surface area contributed by atoms with Crippen LogP contribution in [-0.4, -0.2) is 24.3 Å². The number of benzene rings is 1. The van der Waals surface area contributed by atoms with Crippen molar-refractivity contribution in [2.45, 2.75) is 33.1 Å². The first-order valence-corrected chi connectivity index (χ1v) is 6.65. The molecular formula is C15H19NO4. The second kappa shape index (κ2) is 8.09. The molecule has 0 aliphatic rings. The first-order chi connectivity index (χ1) is 9.56. The van der Waals surface area contributed by atoms with Gasteiger partial charge in [-0.15, -0.1) is 0 Å².